The van der Waals surface area contributed by atoms with Crippen LogP contribution < -0.4 is 20.4 Å². The molecule has 0 saturated heterocycles. The van der Waals surface area contributed by atoms with Crippen LogP contribution in [0.1, 0.15) is 11.1 Å². The Morgan fingerprint density at radius 3 is 2.85 bits per heavy atom. The van der Waals surface area contributed by atoms with Crippen molar-refractivity contribution < 1.29 is 24.3 Å². The second-order valence-electron chi connectivity index (χ2n) is 6.40. The number of fused-ring (bicyclic) bond motifs is 2. The minimum Gasteiger partial charge on any atom is -0.508 e. The summed E-state index contributed by atoms with van der Waals surface area (Å²) in [5, 5.41) is 12.7. The molecule has 2 heterocycles. The van der Waals surface area contributed by atoms with Gasteiger partial charge in [-0.05, 0) is 31.2 Å². The maximum absolute atomic E-state index is 11.9. The van der Waals surface area contributed by atoms with Crippen molar-refractivity contribution in [2.75, 3.05) is 13.2 Å². The van der Waals surface area contributed by atoms with Gasteiger partial charge in [0.05, 0.1) is 0 Å². The van der Waals surface area contributed by atoms with Crippen LogP contribution in [0.4, 0.5) is 0 Å². The normalized spacial score (nSPS) is 16.0. The van der Waals surface area contributed by atoms with E-state index in [1.807, 2.05) is 24.3 Å². The Bertz CT molecular complexity index is 1010. The molecule has 1 aliphatic heterocycles. The topological polar surface area (TPSA) is 85.5 Å². The number of hydrogen-bond acceptors (Lipinski definition) is 5. The molecule has 3 N–H and O–H groups in total. The maximum atomic E-state index is 11.9. The average Bonchev–Trinajstić information content (AvgIpc) is 2.65. The van der Waals surface area contributed by atoms with E-state index < -0.39 is 5.63 Å². The summed E-state index contributed by atoms with van der Waals surface area (Å²) in [4.78, 5) is 11.9. The van der Waals surface area contributed by atoms with E-state index in [1.54, 1.807) is 19.1 Å². The van der Waals surface area contributed by atoms with Gasteiger partial charge in [-0.15, -0.1) is 0 Å². The van der Waals surface area contributed by atoms with Crippen LogP contribution >= 0.6 is 0 Å². The molecule has 6 heteroatoms. The molecule has 1 aliphatic rings. The number of quaternary nitrogens is 1. The van der Waals surface area contributed by atoms with Crippen LogP contribution in [-0.2, 0) is 6.54 Å². The van der Waals surface area contributed by atoms with Crippen LogP contribution in [0, 0.1) is 6.92 Å². The first kappa shape index (κ1) is 16.5. The van der Waals surface area contributed by atoms with Crippen LogP contribution in [0.3, 0.4) is 0 Å². The summed E-state index contributed by atoms with van der Waals surface area (Å²) < 4.78 is 16.9. The minimum absolute atomic E-state index is 0.0536. The number of aromatic hydroxyl groups is 1. The molecule has 0 saturated carbocycles. The Hall–Kier alpha value is -2.99. The second kappa shape index (κ2) is 6.72. The zero-order valence-electron chi connectivity index (χ0n) is 14.4. The van der Waals surface area contributed by atoms with Crippen molar-refractivity contribution in [2.24, 2.45) is 0 Å². The molecule has 134 valence electrons. The van der Waals surface area contributed by atoms with E-state index in [1.165, 1.54) is 6.07 Å². The molecule has 2 aromatic carbocycles. The fourth-order valence-corrected chi connectivity index (χ4v) is 3.19. The summed E-state index contributed by atoms with van der Waals surface area (Å²) >= 11 is 0. The van der Waals surface area contributed by atoms with Gasteiger partial charge in [-0.3, -0.25) is 0 Å². The number of benzene rings is 2. The van der Waals surface area contributed by atoms with E-state index >= 15 is 0 Å². The van der Waals surface area contributed by atoms with Crippen LogP contribution in [0.15, 0.2) is 51.7 Å². The van der Waals surface area contributed by atoms with Crippen LogP contribution in [0.2, 0.25) is 0 Å². The molecular weight excluding hydrogens is 334 g/mol. The summed E-state index contributed by atoms with van der Waals surface area (Å²) in [5.74, 6) is 1.65. The van der Waals surface area contributed by atoms with Gasteiger partial charge in [0.2, 0.25) is 0 Å². The van der Waals surface area contributed by atoms with Crippen LogP contribution in [0.25, 0.3) is 11.0 Å². The molecule has 0 unspecified atom stereocenters. The molecular formula is C20H20NO5+. The number of hydrogen-bond donors (Lipinski definition) is 2. The molecule has 0 radical (unpaired) electrons. The number of phenols is 1. The quantitative estimate of drug-likeness (QED) is 0.697. The molecule has 1 atom stereocenters. The maximum Gasteiger partial charge on any atom is 0.336 e. The number of para-hydroxylation sites is 2. The largest absolute Gasteiger partial charge is 0.508 e. The third-order valence-electron chi connectivity index (χ3n) is 4.58. The van der Waals surface area contributed by atoms with Gasteiger partial charge >= 0.3 is 5.63 Å². The molecule has 0 aliphatic carbocycles. The lowest BCUT2D eigenvalue weighted by atomic mass is 10.1. The van der Waals surface area contributed by atoms with Crippen LogP contribution in [-0.4, -0.2) is 24.4 Å². The highest BCUT2D eigenvalue weighted by molar-refractivity contribution is 5.84. The Balaban J connectivity index is 1.47. The molecule has 0 spiro atoms. The Morgan fingerprint density at radius 1 is 1.19 bits per heavy atom. The van der Waals surface area contributed by atoms with Gasteiger partial charge in [0.25, 0.3) is 0 Å². The molecule has 0 amide bonds. The highest BCUT2D eigenvalue weighted by Gasteiger charge is 2.22. The smallest absolute Gasteiger partial charge is 0.336 e. The zero-order valence-corrected chi connectivity index (χ0v) is 14.4. The van der Waals surface area contributed by atoms with Gasteiger partial charge < -0.3 is 24.3 Å². The van der Waals surface area contributed by atoms with Crippen molar-refractivity contribution >= 4 is 11.0 Å². The SMILES string of the molecule is Cc1c(O)ccc2c(C[NH2+]C[C@H]3COc4ccccc4O3)cc(=O)oc12. The first-order valence-corrected chi connectivity index (χ1v) is 8.57. The van der Waals surface area contributed by atoms with Crippen molar-refractivity contribution in [3.8, 4) is 17.2 Å². The van der Waals surface area contributed by atoms with Gasteiger partial charge in [-0.25, -0.2) is 4.79 Å². The van der Waals surface area contributed by atoms with Crippen molar-refractivity contribution in [1.29, 1.82) is 0 Å². The molecule has 0 fully saturated rings. The second-order valence-corrected chi connectivity index (χ2v) is 6.40. The van der Waals surface area contributed by atoms with E-state index in [4.69, 9.17) is 13.9 Å². The first-order chi connectivity index (χ1) is 12.6. The fraction of sp³-hybridized carbons (Fsp3) is 0.250. The van der Waals surface area contributed by atoms with Gasteiger partial charge in [0.1, 0.15) is 31.0 Å². The van der Waals surface area contributed by atoms with Gasteiger partial charge in [0.15, 0.2) is 17.6 Å². The lowest BCUT2D eigenvalue weighted by molar-refractivity contribution is -0.675. The fourth-order valence-electron chi connectivity index (χ4n) is 3.19. The molecule has 4 rings (SSSR count). The number of nitrogens with two attached hydrogens (primary N) is 1. The molecule has 6 nitrogen and oxygen atoms in total. The average molecular weight is 354 g/mol. The highest BCUT2D eigenvalue weighted by Crippen LogP contribution is 2.30. The lowest BCUT2D eigenvalue weighted by Gasteiger charge is -2.25. The third-order valence-corrected chi connectivity index (χ3v) is 4.58. The molecule has 0 bridgehead atoms. The number of phenolic OH excluding ortho intramolecular Hbond substituents is 1. The number of rotatable bonds is 4. The summed E-state index contributed by atoms with van der Waals surface area (Å²) in [5.41, 5.74) is 1.46. The van der Waals surface area contributed by atoms with Gasteiger partial charge in [-0.2, -0.15) is 0 Å². The van der Waals surface area contributed by atoms with Gasteiger partial charge in [-0.1, -0.05) is 12.1 Å². The third kappa shape index (κ3) is 3.11. The molecule has 26 heavy (non-hydrogen) atoms. The molecule has 1 aromatic heterocycles. The van der Waals surface area contributed by atoms with E-state index in [0.717, 1.165) is 22.4 Å². The van der Waals surface area contributed by atoms with Crippen molar-refractivity contribution in [2.45, 2.75) is 19.6 Å². The highest BCUT2D eigenvalue weighted by atomic mass is 16.6. The predicted octanol–water partition coefficient (Wildman–Crippen LogP) is 1.71. The number of ether oxygens (including phenoxy) is 2. The summed E-state index contributed by atoms with van der Waals surface area (Å²) in [6, 6.07) is 12.5. The lowest BCUT2D eigenvalue weighted by Crippen LogP contribution is -2.85. The first-order valence-electron chi connectivity index (χ1n) is 8.57. The van der Waals surface area contributed by atoms with Crippen molar-refractivity contribution in [1.82, 2.24) is 0 Å². The molecule has 3 aromatic rings. The zero-order chi connectivity index (χ0) is 18.1. The Morgan fingerprint density at radius 2 is 2.00 bits per heavy atom. The Labute approximate surface area is 150 Å². The van der Waals surface area contributed by atoms with Gasteiger partial charge in [0, 0.05) is 22.6 Å². The Kier molecular flexibility index (Phi) is 4.26. The van der Waals surface area contributed by atoms with E-state index in [-0.39, 0.29) is 11.9 Å². The van der Waals surface area contributed by atoms with E-state index in [2.05, 4.69) is 5.32 Å². The van der Waals surface area contributed by atoms with Crippen LogP contribution in [0.5, 0.6) is 17.2 Å². The minimum atomic E-state index is -0.416. The van der Waals surface area contributed by atoms with E-state index in [9.17, 15) is 9.90 Å². The van der Waals surface area contributed by atoms with Crippen molar-refractivity contribution in [3.63, 3.8) is 0 Å². The van der Waals surface area contributed by atoms with Crippen molar-refractivity contribution in [3.05, 3.63) is 64.0 Å². The monoisotopic (exact) mass is 354 g/mol. The summed E-state index contributed by atoms with van der Waals surface area (Å²) in [6.45, 7) is 3.54. The summed E-state index contributed by atoms with van der Waals surface area (Å²) in [7, 11) is 0. The van der Waals surface area contributed by atoms with E-state index in [0.29, 0.717) is 30.8 Å². The summed E-state index contributed by atoms with van der Waals surface area (Å²) in [6.07, 6.45) is -0.0536. The number of aryl methyl sites for hydroxylation is 1. The standard InChI is InChI=1S/C20H19NO5/c1-12-16(22)7-6-15-13(8-19(23)26-20(12)15)9-21-10-14-11-24-17-4-2-3-5-18(17)25-14/h2-8,14,21-22H,9-11H2,1H3/p+1/t14-/m0/s1. The predicted molar refractivity (Wildman–Crippen MR) is 95.7 cm³/mol.